The summed E-state index contributed by atoms with van der Waals surface area (Å²) in [5, 5.41) is 0. The first-order valence-corrected chi connectivity index (χ1v) is 9.06. The van der Waals surface area contributed by atoms with E-state index in [0.717, 1.165) is 33.7 Å². The second-order valence-electron chi connectivity index (χ2n) is 6.96. The van der Waals surface area contributed by atoms with Crippen LogP contribution in [-0.2, 0) is 6.61 Å². The quantitative estimate of drug-likeness (QED) is 0.459. The number of nitrogen functional groups attached to an aromatic ring is 1. The minimum atomic E-state index is 0.465. The Kier molecular flexibility index (Phi) is 4.55. The molecule has 0 fully saturated rings. The topological polar surface area (TPSA) is 61.3 Å². The monoisotopic (exact) mass is 358 g/mol. The second-order valence-corrected chi connectivity index (χ2v) is 6.96. The molecular formula is C23H22N2O2. The fraction of sp³-hybridized carbons (Fsp3) is 0.174. The molecular weight excluding hydrogens is 336 g/mol. The van der Waals surface area contributed by atoms with Crippen molar-refractivity contribution < 1.29 is 9.15 Å². The maximum Gasteiger partial charge on any atom is 0.227 e. The van der Waals surface area contributed by atoms with E-state index in [4.69, 9.17) is 14.9 Å². The highest BCUT2D eigenvalue weighted by atomic mass is 16.5. The van der Waals surface area contributed by atoms with Gasteiger partial charge in [-0.2, -0.15) is 0 Å². The number of hydrogen-bond acceptors (Lipinski definition) is 4. The number of nitrogens with two attached hydrogens (primary N) is 1. The van der Waals surface area contributed by atoms with Gasteiger partial charge in [-0.15, -0.1) is 0 Å². The lowest BCUT2D eigenvalue weighted by atomic mass is 10.0. The van der Waals surface area contributed by atoms with Crippen LogP contribution < -0.4 is 10.5 Å². The second kappa shape index (κ2) is 7.16. The summed E-state index contributed by atoms with van der Waals surface area (Å²) >= 11 is 0. The number of hydrogen-bond donors (Lipinski definition) is 1. The van der Waals surface area contributed by atoms with Gasteiger partial charge in [-0.25, -0.2) is 4.98 Å². The minimum absolute atomic E-state index is 0.465. The normalized spacial score (nSPS) is 11.2. The van der Waals surface area contributed by atoms with Crippen LogP contribution in [-0.4, -0.2) is 4.98 Å². The lowest BCUT2D eigenvalue weighted by Gasteiger charge is -2.07. The summed E-state index contributed by atoms with van der Waals surface area (Å²) in [5.74, 6) is 1.89. The molecule has 4 nitrogen and oxygen atoms in total. The van der Waals surface area contributed by atoms with Crippen molar-refractivity contribution in [3.8, 4) is 17.2 Å². The van der Waals surface area contributed by atoms with Gasteiger partial charge in [0.25, 0.3) is 0 Å². The summed E-state index contributed by atoms with van der Waals surface area (Å²) in [6.07, 6.45) is 0. The van der Waals surface area contributed by atoms with Crippen LogP contribution in [0, 0.1) is 0 Å². The molecule has 0 aliphatic carbocycles. The third kappa shape index (κ3) is 3.80. The van der Waals surface area contributed by atoms with Crippen LogP contribution in [0.2, 0.25) is 0 Å². The zero-order valence-corrected chi connectivity index (χ0v) is 15.5. The van der Waals surface area contributed by atoms with Crippen LogP contribution in [0.25, 0.3) is 22.6 Å². The lowest BCUT2D eigenvalue weighted by Crippen LogP contribution is -1.95. The van der Waals surface area contributed by atoms with Crippen molar-refractivity contribution >= 4 is 16.8 Å². The maximum absolute atomic E-state index is 5.91. The summed E-state index contributed by atoms with van der Waals surface area (Å²) in [5.41, 5.74) is 11.4. The predicted octanol–water partition coefficient (Wildman–Crippen LogP) is 5.78. The molecule has 27 heavy (non-hydrogen) atoms. The smallest absolute Gasteiger partial charge is 0.227 e. The highest BCUT2D eigenvalue weighted by molar-refractivity contribution is 5.77. The molecule has 0 atom stereocenters. The summed E-state index contributed by atoms with van der Waals surface area (Å²) in [6.45, 7) is 4.84. The van der Waals surface area contributed by atoms with Crippen LogP contribution in [0.3, 0.4) is 0 Å². The van der Waals surface area contributed by atoms with Gasteiger partial charge in [-0.05, 0) is 65.6 Å². The molecule has 0 radical (unpaired) electrons. The number of benzene rings is 3. The van der Waals surface area contributed by atoms with Crippen molar-refractivity contribution in [1.29, 1.82) is 0 Å². The largest absolute Gasteiger partial charge is 0.489 e. The van der Waals surface area contributed by atoms with Gasteiger partial charge in [0, 0.05) is 11.3 Å². The molecule has 1 aromatic heterocycles. The average Bonchev–Trinajstić information content (AvgIpc) is 3.11. The summed E-state index contributed by atoms with van der Waals surface area (Å²) in [6, 6.07) is 21.7. The van der Waals surface area contributed by atoms with Crippen LogP contribution in [0.15, 0.2) is 71.1 Å². The highest BCUT2D eigenvalue weighted by Gasteiger charge is 2.10. The molecule has 4 rings (SSSR count). The summed E-state index contributed by atoms with van der Waals surface area (Å²) in [7, 11) is 0. The Bertz CT molecular complexity index is 1050. The third-order valence-electron chi connectivity index (χ3n) is 4.56. The van der Waals surface area contributed by atoms with E-state index in [2.05, 4.69) is 31.0 Å². The Morgan fingerprint density at radius 2 is 1.70 bits per heavy atom. The van der Waals surface area contributed by atoms with Gasteiger partial charge in [-0.1, -0.05) is 32.0 Å². The van der Waals surface area contributed by atoms with Crippen molar-refractivity contribution in [2.45, 2.75) is 26.4 Å². The van der Waals surface area contributed by atoms with Crippen molar-refractivity contribution in [1.82, 2.24) is 4.98 Å². The number of ether oxygens (including phenoxy) is 1. The van der Waals surface area contributed by atoms with Gasteiger partial charge in [0.05, 0.1) is 0 Å². The summed E-state index contributed by atoms with van der Waals surface area (Å²) < 4.78 is 11.7. The molecule has 0 bridgehead atoms. The molecule has 4 aromatic rings. The molecule has 0 aliphatic heterocycles. The molecule has 0 spiro atoms. The first-order valence-electron chi connectivity index (χ1n) is 9.06. The Hall–Kier alpha value is -3.27. The Morgan fingerprint density at radius 1 is 0.963 bits per heavy atom. The fourth-order valence-electron chi connectivity index (χ4n) is 2.90. The van der Waals surface area contributed by atoms with Gasteiger partial charge in [0.15, 0.2) is 5.58 Å². The van der Waals surface area contributed by atoms with Crippen molar-refractivity contribution in [3.63, 3.8) is 0 Å². The van der Waals surface area contributed by atoms with E-state index >= 15 is 0 Å². The van der Waals surface area contributed by atoms with Crippen molar-refractivity contribution in [2.24, 2.45) is 0 Å². The zero-order chi connectivity index (χ0) is 18.8. The molecule has 0 saturated carbocycles. The molecule has 1 heterocycles. The van der Waals surface area contributed by atoms with E-state index in [1.165, 1.54) is 5.56 Å². The number of rotatable bonds is 5. The zero-order valence-electron chi connectivity index (χ0n) is 15.5. The number of anilines is 1. The van der Waals surface area contributed by atoms with E-state index in [1.54, 1.807) is 0 Å². The predicted molar refractivity (Wildman–Crippen MR) is 109 cm³/mol. The van der Waals surface area contributed by atoms with Gasteiger partial charge in [0.2, 0.25) is 5.89 Å². The van der Waals surface area contributed by atoms with Crippen molar-refractivity contribution in [2.75, 3.05) is 5.73 Å². The van der Waals surface area contributed by atoms with Crippen molar-refractivity contribution in [3.05, 3.63) is 77.9 Å². The first kappa shape index (κ1) is 17.2. The number of nitrogens with zero attached hydrogens (tertiary/aromatic N) is 1. The van der Waals surface area contributed by atoms with E-state index in [9.17, 15) is 0 Å². The Morgan fingerprint density at radius 3 is 2.41 bits per heavy atom. The SMILES string of the molecule is CC(C)c1ccc2oc(-c3ccc(OCc4ccc(N)cc4)cc3)nc2c1. The summed E-state index contributed by atoms with van der Waals surface area (Å²) in [4.78, 5) is 4.64. The molecule has 0 saturated heterocycles. The van der Waals surface area contributed by atoms with E-state index in [0.29, 0.717) is 18.4 Å². The highest BCUT2D eigenvalue weighted by Crippen LogP contribution is 2.28. The number of oxazole rings is 1. The molecule has 4 heteroatoms. The minimum Gasteiger partial charge on any atom is -0.489 e. The molecule has 2 N–H and O–H groups in total. The van der Waals surface area contributed by atoms with Gasteiger partial charge >= 0.3 is 0 Å². The molecule has 0 unspecified atom stereocenters. The number of fused-ring (bicyclic) bond motifs is 1. The van der Waals surface area contributed by atoms with E-state index in [1.807, 2.05) is 54.6 Å². The van der Waals surface area contributed by atoms with Gasteiger partial charge in [-0.3, -0.25) is 0 Å². The fourth-order valence-corrected chi connectivity index (χ4v) is 2.90. The molecule has 0 amide bonds. The van der Waals surface area contributed by atoms with Crippen LogP contribution in [0.4, 0.5) is 5.69 Å². The van der Waals surface area contributed by atoms with E-state index in [-0.39, 0.29) is 0 Å². The Labute approximate surface area is 158 Å². The third-order valence-corrected chi connectivity index (χ3v) is 4.56. The molecule has 0 aliphatic rings. The van der Waals surface area contributed by atoms with Crippen LogP contribution in [0.5, 0.6) is 5.75 Å². The van der Waals surface area contributed by atoms with E-state index < -0.39 is 0 Å². The Balaban J connectivity index is 1.49. The molecule has 3 aromatic carbocycles. The number of aromatic nitrogens is 1. The average molecular weight is 358 g/mol. The first-order chi connectivity index (χ1) is 13.1. The standard InChI is InChI=1S/C23H22N2O2/c1-15(2)18-7-12-22-21(13-18)25-23(27-22)17-5-10-20(11-6-17)26-14-16-3-8-19(24)9-4-16/h3-13,15H,14,24H2,1-2H3. The van der Waals surface area contributed by atoms with Crippen LogP contribution >= 0.6 is 0 Å². The maximum atomic E-state index is 5.91. The van der Waals surface area contributed by atoms with Gasteiger partial charge < -0.3 is 14.9 Å². The van der Waals surface area contributed by atoms with Gasteiger partial charge in [0.1, 0.15) is 17.9 Å². The van der Waals surface area contributed by atoms with Crippen LogP contribution in [0.1, 0.15) is 30.9 Å². The molecule has 136 valence electrons. The lowest BCUT2D eigenvalue weighted by molar-refractivity contribution is 0.306.